The fraction of sp³-hybridized carbons (Fsp3) is 0.0714. The van der Waals surface area contributed by atoms with E-state index in [0.29, 0.717) is 10.6 Å². The van der Waals surface area contributed by atoms with Crippen LogP contribution in [0, 0.1) is 6.92 Å². The number of rotatable bonds is 2. The first-order chi connectivity index (χ1) is 8.16. The second-order valence-corrected chi connectivity index (χ2v) is 4.19. The number of aryl methyl sites for hydroxylation is 1. The Balaban J connectivity index is 2.33. The molecule has 0 spiro atoms. The molecule has 0 atom stereocenters. The third-order valence-corrected chi connectivity index (χ3v) is 2.62. The van der Waals surface area contributed by atoms with Gasteiger partial charge < -0.3 is 5.11 Å². The predicted octanol–water partition coefficient (Wildman–Crippen LogP) is 4.10. The zero-order valence-electron chi connectivity index (χ0n) is 9.39. The number of hydrogen-bond acceptors (Lipinski definition) is 2. The van der Waals surface area contributed by atoms with E-state index in [0.717, 1.165) is 11.3 Å². The molecule has 0 heterocycles. The summed E-state index contributed by atoms with van der Waals surface area (Å²) in [4.78, 5) is 4.28. The Morgan fingerprint density at radius 2 is 1.88 bits per heavy atom. The van der Waals surface area contributed by atoms with E-state index in [-0.39, 0.29) is 5.75 Å². The SMILES string of the molecule is Cc1cc(Cl)cc(C=Nc2ccccc2)c1O. The van der Waals surface area contributed by atoms with E-state index in [1.165, 1.54) is 0 Å². The molecule has 0 aliphatic carbocycles. The summed E-state index contributed by atoms with van der Waals surface area (Å²) in [5.74, 6) is 0.217. The Labute approximate surface area is 105 Å². The standard InChI is InChI=1S/C14H12ClNO/c1-10-7-12(15)8-11(14(10)17)9-16-13-5-3-2-4-6-13/h2-9,17H,1H3. The number of phenolic OH excluding ortho intramolecular Hbond substituents is 1. The first-order valence-electron chi connectivity index (χ1n) is 5.25. The van der Waals surface area contributed by atoms with Crippen molar-refractivity contribution < 1.29 is 5.11 Å². The molecule has 0 aromatic heterocycles. The van der Waals surface area contributed by atoms with Gasteiger partial charge in [0.1, 0.15) is 5.75 Å². The van der Waals surface area contributed by atoms with Gasteiger partial charge in [0.25, 0.3) is 0 Å². The first-order valence-corrected chi connectivity index (χ1v) is 5.63. The molecule has 0 saturated heterocycles. The largest absolute Gasteiger partial charge is 0.507 e. The summed E-state index contributed by atoms with van der Waals surface area (Å²) < 4.78 is 0. The third kappa shape index (κ3) is 2.86. The second-order valence-electron chi connectivity index (χ2n) is 3.75. The van der Waals surface area contributed by atoms with Crippen molar-refractivity contribution in [1.82, 2.24) is 0 Å². The predicted molar refractivity (Wildman–Crippen MR) is 71.5 cm³/mol. The summed E-state index contributed by atoms with van der Waals surface area (Å²) in [6, 6.07) is 13.0. The van der Waals surface area contributed by atoms with Gasteiger partial charge in [0.2, 0.25) is 0 Å². The molecule has 86 valence electrons. The second kappa shape index (κ2) is 5.02. The van der Waals surface area contributed by atoms with Gasteiger partial charge in [0.15, 0.2) is 0 Å². The summed E-state index contributed by atoms with van der Waals surface area (Å²) >= 11 is 5.93. The van der Waals surface area contributed by atoms with Crippen LogP contribution in [0.5, 0.6) is 5.75 Å². The Hall–Kier alpha value is -1.80. The number of para-hydroxylation sites is 1. The molecule has 0 unspecified atom stereocenters. The number of benzene rings is 2. The van der Waals surface area contributed by atoms with Crippen LogP contribution in [0.2, 0.25) is 5.02 Å². The molecule has 1 N–H and O–H groups in total. The minimum absolute atomic E-state index is 0.217. The van der Waals surface area contributed by atoms with E-state index in [1.54, 1.807) is 25.3 Å². The number of hydrogen-bond donors (Lipinski definition) is 1. The maximum Gasteiger partial charge on any atom is 0.127 e. The average Bonchev–Trinajstić information content (AvgIpc) is 2.33. The quantitative estimate of drug-likeness (QED) is 0.794. The lowest BCUT2D eigenvalue weighted by molar-refractivity contribution is 0.470. The summed E-state index contributed by atoms with van der Waals surface area (Å²) in [6.07, 6.45) is 1.61. The maximum atomic E-state index is 9.85. The lowest BCUT2D eigenvalue weighted by Crippen LogP contribution is -1.86. The van der Waals surface area contributed by atoms with Gasteiger partial charge in [-0.2, -0.15) is 0 Å². The highest BCUT2D eigenvalue weighted by atomic mass is 35.5. The van der Waals surface area contributed by atoms with Gasteiger partial charge in [-0.1, -0.05) is 29.8 Å². The minimum Gasteiger partial charge on any atom is -0.507 e. The molecule has 0 amide bonds. The maximum absolute atomic E-state index is 9.85. The van der Waals surface area contributed by atoms with Crippen molar-refractivity contribution >= 4 is 23.5 Å². The third-order valence-electron chi connectivity index (χ3n) is 2.40. The highest BCUT2D eigenvalue weighted by molar-refractivity contribution is 6.31. The monoisotopic (exact) mass is 245 g/mol. The molecule has 0 saturated carbocycles. The van der Waals surface area contributed by atoms with Crippen molar-refractivity contribution in [3.8, 4) is 5.75 Å². The van der Waals surface area contributed by atoms with Crippen LogP contribution in [0.3, 0.4) is 0 Å². The van der Waals surface area contributed by atoms with E-state index in [4.69, 9.17) is 11.6 Å². The van der Waals surface area contributed by atoms with Gasteiger partial charge >= 0.3 is 0 Å². The molecule has 0 fully saturated rings. The van der Waals surface area contributed by atoms with Crippen LogP contribution in [0.4, 0.5) is 5.69 Å². The van der Waals surface area contributed by atoms with Crippen LogP contribution in [0.15, 0.2) is 47.5 Å². The smallest absolute Gasteiger partial charge is 0.127 e. The van der Waals surface area contributed by atoms with Gasteiger partial charge in [-0.05, 0) is 36.8 Å². The van der Waals surface area contributed by atoms with Crippen LogP contribution < -0.4 is 0 Å². The zero-order chi connectivity index (χ0) is 12.3. The van der Waals surface area contributed by atoms with E-state index < -0.39 is 0 Å². The zero-order valence-corrected chi connectivity index (χ0v) is 10.1. The molecule has 2 rings (SSSR count). The van der Waals surface area contributed by atoms with Gasteiger partial charge in [0, 0.05) is 16.8 Å². The normalized spacial score (nSPS) is 10.9. The van der Waals surface area contributed by atoms with Crippen molar-refractivity contribution in [3.05, 3.63) is 58.6 Å². The number of halogens is 1. The highest BCUT2D eigenvalue weighted by Gasteiger charge is 2.03. The molecule has 17 heavy (non-hydrogen) atoms. The lowest BCUT2D eigenvalue weighted by atomic mass is 10.1. The summed E-state index contributed by atoms with van der Waals surface area (Å²) in [5.41, 5.74) is 2.20. The molecule has 3 heteroatoms. The van der Waals surface area contributed by atoms with E-state index in [2.05, 4.69) is 4.99 Å². The van der Waals surface area contributed by atoms with Crippen molar-refractivity contribution in [1.29, 1.82) is 0 Å². The average molecular weight is 246 g/mol. The summed E-state index contributed by atoms with van der Waals surface area (Å²) in [6.45, 7) is 1.81. The lowest BCUT2D eigenvalue weighted by Gasteiger charge is -2.03. The van der Waals surface area contributed by atoms with Crippen molar-refractivity contribution in [2.75, 3.05) is 0 Å². The Bertz CT molecular complexity index is 550. The van der Waals surface area contributed by atoms with Crippen LogP contribution in [-0.2, 0) is 0 Å². The Morgan fingerprint density at radius 3 is 2.59 bits per heavy atom. The topological polar surface area (TPSA) is 32.6 Å². The van der Waals surface area contributed by atoms with Gasteiger partial charge in [-0.25, -0.2) is 0 Å². The number of aromatic hydroxyl groups is 1. The first kappa shape index (κ1) is 11.7. The minimum atomic E-state index is 0.217. The van der Waals surface area contributed by atoms with Crippen LogP contribution in [0.25, 0.3) is 0 Å². The number of phenols is 1. The molecule has 0 aliphatic rings. The number of nitrogens with zero attached hydrogens (tertiary/aromatic N) is 1. The van der Waals surface area contributed by atoms with Crippen molar-refractivity contribution in [2.45, 2.75) is 6.92 Å². The van der Waals surface area contributed by atoms with Gasteiger partial charge in [-0.15, -0.1) is 0 Å². The number of aliphatic imine (C=N–C) groups is 1. The van der Waals surface area contributed by atoms with E-state index >= 15 is 0 Å². The van der Waals surface area contributed by atoms with Crippen LogP contribution in [0.1, 0.15) is 11.1 Å². The Kier molecular flexibility index (Phi) is 3.45. The Morgan fingerprint density at radius 1 is 1.18 bits per heavy atom. The van der Waals surface area contributed by atoms with Gasteiger partial charge in [-0.3, -0.25) is 4.99 Å². The fourth-order valence-corrected chi connectivity index (χ4v) is 1.80. The van der Waals surface area contributed by atoms with Crippen molar-refractivity contribution in [3.63, 3.8) is 0 Å². The fourth-order valence-electron chi connectivity index (χ4n) is 1.52. The molecule has 2 aromatic carbocycles. The molecule has 0 aliphatic heterocycles. The van der Waals surface area contributed by atoms with E-state index in [1.807, 2.05) is 30.3 Å². The molecular weight excluding hydrogens is 234 g/mol. The molecule has 0 bridgehead atoms. The molecule has 0 radical (unpaired) electrons. The van der Waals surface area contributed by atoms with E-state index in [9.17, 15) is 5.11 Å². The molecular formula is C14H12ClNO. The van der Waals surface area contributed by atoms with Crippen molar-refractivity contribution in [2.24, 2.45) is 4.99 Å². The molecule has 2 nitrogen and oxygen atoms in total. The van der Waals surface area contributed by atoms with Gasteiger partial charge in [0.05, 0.1) is 5.69 Å². The van der Waals surface area contributed by atoms with Crippen LogP contribution in [-0.4, -0.2) is 11.3 Å². The highest BCUT2D eigenvalue weighted by Crippen LogP contribution is 2.25. The molecule has 2 aromatic rings. The summed E-state index contributed by atoms with van der Waals surface area (Å²) in [5, 5.41) is 10.4. The van der Waals surface area contributed by atoms with Crippen LogP contribution >= 0.6 is 11.6 Å². The summed E-state index contributed by atoms with van der Waals surface area (Å²) in [7, 11) is 0.